The minimum atomic E-state index is -0.315. The molecule has 5 heterocycles. The SMILES string of the molecule is Cc1ccc(-c2csc(CNC(=O)[C@H]3CCCN(C(=O)c4nc5ccncc5o4)[C@H]3C)n2)cn1. The molecule has 5 rings (SSSR count). The quantitative estimate of drug-likeness (QED) is 0.468. The van der Waals surface area contributed by atoms with E-state index in [1.807, 2.05) is 31.4 Å². The van der Waals surface area contributed by atoms with Gasteiger partial charge in [-0.1, -0.05) is 0 Å². The van der Waals surface area contributed by atoms with Gasteiger partial charge in [0.15, 0.2) is 5.58 Å². The number of hydrogen-bond donors (Lipinski definition) is 1. The second-order valence-corrected chi connectivity index (χ2v) is 9.33. The minimum Gasteiger partial charge on any atom is -0.431 e. The number of pyridine rings is 2. The molecular formula is C24H24N6O3S. The van der Waals surface area contributed by atoms with Crippen LogP contribution in [0.4, 0.5) is 0 Å². The molecule has 0 aromatic carbocycles. The van der Waals surface area contributed by atoms with E-state index in [1.165, 1.54) is 17.5 Å². The Morgan fingerprint density at radius 1 is 1.24 bits per heavy atom. The van der Waals surface area contributed by atoms with Crippen molar-refractivity contribution >= 4 is 34.3 Å². The van der Waals surface area contributed by atoms with Crippen molar-refractivity contribution < 1.29 is 14.0 Å². The van der Waals surface area contributed by atoms with Crippen LogP contribution in [0.2, 0.25) is 0 Å². The highest BCUT2D eigenvalue weighted by Gasteiger charge is 2.37. The number of fused-ring (bicyclic) bond motifs is 1. The molecule has 2 atom stereocenters. The summed E-state index contributed by atoms with van der Waals surface area (Å²) >= 11 is 1.50. The number of likely N-dealkylation sites (tertiary alicyclic amines) is 1. The molecule has 9 nitrogen and oxygen atoms in total. The standard InChI is InChI=1S/C24H24N6O3S/c1-14-5-6-16(10-26-14)19-13-34-21(28-19)12-27-22(31)17-4-3-9-30(15(17)2)24(32)23-29-18-7-8-25-11-20(18)33-23/h5-8,10-11,13,15,17H,3-4,9,12H2,1-2H3,(H,27,31)/t15-,17-/m0/s1. The van der Waals surface area contributed by atoms with E-state index >= 15 is 0 Å². The molecule has 0 radical (unpaired) electrons. The number of hydrogen-bond acceptors (Lipinski definition) is 8. The van der Waals surface area contributed by atoms with Crippen LogP contribution in [-0.2, 0) is 11.3 Å². The number of piperidine rings is 1. The zero-order valence-corrected chi connectivity index (χ0v) is 19.7. The molecule has 34 heavy (non-hydrogen) atoms. The zero-order valence-electron chi connectivity index (χ0n) is 18.9. The molecule has 0 saturated carbocycles. The molecule has 0 unspecified atom stereocenters. The molecule has 4 aromatic rings. The Hall–Kier alpha value is -3.66. The number of carbonyl (C=O) groups is 2. The summed E-state index contributed by atoms with van der Waals surface area (Å²) in [6.07, 6.45) is 6.39. The Bertz CT molecular complexity index is 1300. The van der Waals surface area contributed by atoms with Crippen molar-refractivity contribution in [3.63, 3.8) is 0 Å². The van der Waals surface area contributed by atoms with Crippen molar-refractivity contribution in [2.24, 2.45) is 5.92 Å². The summed E-state index contributed by atoms with van der Waals surface area (Å²) in [4.78, 5) is 45.0. The van der Waals surface area contributed by atoms with Gasteiger partial charge in [0.05, 0.1) is 24.4 Å². The molecule has 0 spiro atoms. The Balaban J connectivity index is 1.22. The number of nitrogens with one attached hydrogen (secondary N) is 1. The number of nitrogens with zero attached hydrogens (tertiary/aromatic N) is 5. The molecule has 1 aliphatic rings. The fraction of sp³-hybridized carbons (Fsp3) is 0.333. The zero-order chi connectivity index (χ0) is 23.7. The van der Waals surface area contributed by atoms with Crippen LogP contribution >= 0.6 is 11.3 Å². The lowest BCUT2D eigenvalue weighted by Crippen LogP contribution is -2.51. The van der Waals surface area contributed by atoms with Gasteiger partial charge in [-0.25, -0.2) is 9.97 Å². The monoisotopic (exact) mass is 476 g/mol. The second-order valence-electron chi connectivity index (χ2n) is 8.38. The van der Waals surface area contributed by atoms with E-state index < -0.39 is 0 Å². The third-order valence-corrected chi connectivity index (χ3v) is 6.98. The van der Waals surface area contributed by atoms with E-state index in [-0.39, 0.29) is 29.7 Å². The van der Waals surface area contributed by atoms with E-state index in [9.17, 15) is 9.59 Å². The summed E-state index contributed by atoms with van der Waals surface area (Å²) in [5.41, 5.74) is 3.80. The first-order valence-corrected chi connectivity index (χ1v) is 12.0. The second kappa shape index (κ2) is 9.30. The lowest BCUT2D eigenvalue weighted by Gasteiger charge is -2.37. The normalized spacial score (nSPS) is 18.2. The molecule has 1 saturated heterocycles. The molecular weight excluding hydrogens is 452 g/mol. The van der Waals surface area contributed by atoms with E-state index in [1.54, 1.807) is 23.4 Å². The van der Waals surface area contributed by atoms with Crippen LogP contribution in [0.3, 0.4) is 0 Å². The highest BCUT2D eigenvalue weighted by molar-refractivity contribution is 7.09. The largest absolute Gasteiger partial charge is 0.431 e. The highest BCUT2D eigenvalue weighted by Crippen LogP contribution is 2.27. The van der Waals surface area contributed by atoms with Crippen molar-refractivity contribution in [3.05, 3.63) is 58.8 Å². The van der Waals surface area contributed by atoms with Gasteiger partial charge in [0, 0.05) is 41.6 Å². The third-order valence-electron chi connectivity index (χ3n) is 6.13. The summed E-state index contributed by atoms with van der Waals surface area (Å²) in [6.45, 7) is 4.74. The molecule has 0 bridgehead atoms. The number of carbonyl (C=O) groups excluding carboxylic acids is 2. The van der Waals surface area contributed by atoms with Gasteiger partial charge in [-0.3, -0.25) is 19.6 Å². The third kappa shape index (κ3) is 4.41. The Morgan fingerprint density at radius 2 is 2.12 bits per heavy atom. The highest BCUT2D eigenvalue weighted by atomic mass is 32.1. The molecule has 10 heteroatoms. The molecule has 0 aliphatic carbocycles. The summed E-state index contributed by atoms with van der Waals surface area (Å²) < 4.78 is 5.60. The first-order valence-electron chi connectivity index (χ1n) is 11.2. The maximum Gasteiger partial charge on any atom is 0.310 e. The van der Waals surface area contributed by atoms with E-state index in [4.69, 9.17) is 4.42 Å². The molecule has 1 fully saturated rings. The van der Waals surface area contributed by atoms with Gasteiger partial charge in [-0.15, -0.1) is 11.3 Å². The van der Waals surface area contributed by atoms with Crippen LogP contribution in [0, 0.1) is 12.8 Å². The van der Waals surface area contributed by atoms with E-state index in [0.717, 1.165) is 28.4 Å². The number of rotatable bonds is 5. The first-order chi connectivity index (χ1) is 16.5. The predicted octanol–water partition coefficient (Wildman–Crippen LogP) is 3.61. The lowest BCUT2D eigenvalue weighted by molar-refractivity contribution is -0.128. The molecule has 174 valence electrons. The summed E-state index contributed by atoms with van der Waals surface area (Å²) in [5, 5.41) is 5.79. The van der Waals surface area contributed by atoms with Gasteiger partial charge in [0.1, 0.15) is 10.5 Å². The maximum atomic E-state index is 13.1. The number of thiazole rings is 1. The Labute approximate surface area is 200 Å². The maximum absolute atomic E-state index is 13.1. The van der Waals surface area contributed by atoms with Gasteiger partial charge in [0.2, 0.25) is 5.91 Å². The summed E-state index contributed by atoms with van der Waals surface area (Å²) in [5.74, 6) is -0.681. The van der Waals surface area contributed by atoms with Crippen molar-refractivity contribution in [1.29, 1.82) is 0 Å². The van der Waals surface area contributed by atoms with Crippen LogP contribution in [0.25, 0.3) is 22.4 Å². The van der Waals surface area contributed by atoms with Crippen LogP contribution in [0.5, 0.6) is 0 Å². The minimum absolute atomic E-state index is 0.0248. The topological polar surface area (TPSA) is 114 Å². The van der Waals surface area contributed by atoms with Gasteiger partial charge in [-0.05, 0) is 44.9 Å². The van der Waals surface area contributed by atoms with E-state index in [2.05, 4.69) is 25.3 Å². The van der Waals surface area contributed by atoms with Crippen molar-refractivity contribution in [2.45, 2.75) is 39.3 Å². The van der Waals surface area contributed by atoms with E-state index in [0.29, 0.717) is 30.6 Å². The first kappa shape index (κ1) is 22.1. The van der Waals surface area contributed by atoms with Crippen LogP contribution < -0.4 is 5.32 Å². The molecule has 4 aromatic heterocycles. The molecule has 1 N–H and O–H groups in total. The van der Waals surface area contributed by atoms with Gasteiger partial charge in [-0.2, -0.15) is 0 Å². The number of amides is 2. The molecule has 2 amide bonds. The van der Waals surface area contributed by atoms with Crippen LogP contribution in [-0.4, -0.2) is 49.2 Å². The van der Waals surface area contributed by atoms with Gasteiger partial charge in [0.25, 0.3) is 5.89 Å². The summed E-state index contributed by atoms with van der Waals surface area (Å²) in [7, 11) is 0. The molecule has 1 aliphatic heterocycles. The van der Waals surface area contributed by atoms with Crippen LogP contribution in [0.15, 0.2) is 46.6 Å². The van der Waals surface area contributed by atoms with Crippen molar-refractivity contribution in [2.75, 3.05) is 6.54 Å². The number of aryl methyl sites for hydroxylation is 1. The average Bonchev–Trinajstić information content (AvgIpc) is 3.50. The van der Waals surface area contributed by atoms with Crippen LogP contribution in [0.1, 0.15) is 41.2 Å². The Morgan fingerprint density at radius 3 is 2.91 bits per heavy atom. The number of oxazole rings is 1. The summed E-state index contributed by atoms with van der Waals surface area (Å²) in [6, 6.07) is 5.36. The predicted molar refractivity (Wildman–Crippen MR) is 127 cm³/mol. The Kier molecular flexibility index (Phi) is 6.06. The fourth-order valence-electron chi connectivity index (χ4n) is 4.21. The number of aromatic nitrogens is 4. The van der Waals surface area contributed by atoms with Crippen molar-refractivity contribution in [3.8, 4) is 11.3 Å². The van der Waals surface area contributed by atoms with Crippen molar-refractivity contribution in [1.82, 2.24) is 30.2 Å². The lowest BCUT2D eigenvalue weighted by atomic mass is 9.89. The fourth-order valence-corrected chi connectivity index (χ4v) is 4.96. The van der Waals surface area contributed by atoms with Gasteiger partial charge >= 0.3 is 5.91 Å². The van der Waals surface area contributed by atoms with Gasteiger partial charge < -0.3 is 14.6 Å². The smallest absolute Gasteiger partial charge is 0.310 e. The average molecular weight is 477 g/mol.